The molecule has 0 N–H and O–H groups in total. The minimum atomic E-state index is -0.424. The van der Waals surface area contributed by atoms with Gasteiger partial charge in [-0.2, -0.15) is 0 Å². The summed E-state index contributed by atoms with van der Waals surface area (Å²) >= 11 is 0. The van der Waals surface area contributed by atoms with Crippen LogP contribution in [0.5, 0.6) is 0 Å². The molecule has 0 unspecified atom stereocenters. The molecule has 9 heteroatoms. The number of anilines is 1. The van der Waals surface area contributed by atoms with E-state index in [4.69, 9.17) is 4.74 Å². The summed E-state index contributed by atoms with van der Waals surface area (Å²) in [6.45, 7) is 0. The van der Waals surface area contributed by atoms with E-state index in [0.717, 1.165) is 11.1 Å². The zero-order valence-electron chi connectivity index (χ0n) is 21.9. The predicted molar refractivity (Wildman–Crippen MR) is 152 cm³/mol. The van der Waals surface area contributed by atoms with Crippen LogP contribution in [0.2, 0.25) is 0 Å². The Hall–Kier alpha value is -5.44. The number of carbonyl (C=O) groups excluding carboxylic acids is 2. The smallest absolute Gasteiger partial charge is 0.337 e. The minimum Gasteiger partial charge on any atom is -0.465 e. The van der Waals surface area contributed by atoms with Gasteiger partial charge in [0.05, 0.1) is 18.4 Å². The van der Waals surface area contributed by atoms with E-state index < -0.39 is 5.97 Å². The standard InChI is InChI=1S/C31H25N5O4/c1-35(28(37)15-12-21-10-13-23(14-11-21)31(39)40-2)24-7-3-8-25(19-24)36-29-26(9-5-17-33-29)34-27(30(36)38)18-22-6-4-16-32-20-22/h3-17,19-20H,18H2,1-2H3/b15-12+. The number of methoxy groups -OCH3 is 1. The molecular weight excluding hydrogens is 506 g/mol. The monoisotopic (exact) mass is 531 g/mol. The molecule has 0 spiro atoms. The number of likely N-dealkylation sites (N-methyl/N-ethyl adjacent to an activating group) is 1. The van der Waals surface area contributed by atoms with E-state index in [0.29, 0.717) is 40.2 Å². The van der Waals surface area contributed by atoms with E-state index in [2.05, 4.69) is 15.0 Å². The summed E-state index contributed by atoms with van der Waals surface area (Å²) in [5.41, 5.74) is 4.27. The third kappa shape index (κ3) is 5.53. The summed E-state index contributed by atoms with van der Waals surface area (Å²) in [5.74, 6) is -0.691. The predicted octanol–water partition coefficient (Wildman–Crippen LogP) is 4.23. The van der Waals surface area contributed by atoms with Crippen molar-refractivity contribution in [1.29, 1.82) is 0 Å². The molecule has 0 aliphatic heterocycles. The van der Waals surface area contributed by atoms with Crippen LogP contribution in [0.3, 0.4) is 0 Å². The van der Waals surface area contributed by atoms with Gasteiger partial charge in [0.2, 0.25) is 0 Å². The Morgan fingerprint density at radius 2 is 1.80 bits per heavy atom. The average Bonchev–Trinajstić information content (AvgIpc) is 3.00. The van der Waals surface area contributed by atoms with E-state index in [-0.39, 0.29) is 11.5 Å². The van der Waals surface area contributed by atoms with Crippen LogP contribution in [0.4, 0.5) is 5.69 Å². The molecule has 0 fully saturated rings. The highest BCUT2D eigenvalue weighted by atomic mass is 16.5. The Morgan fingerprint density at radius 1 is 1.00 bits per heavy atom. The van der Waals surface area contributed by atoms with Crippen LogP contribution in [0.15, 0.2) is 102 Å². The average molecular weight is 532 g/mol. The Balaban J connectivity index is 1.45. The Bertz CT molecular complexity index is 1780. The van der Waals surface area contributed by atoms with E-state index in [9.17, 15) is 14.4 Å². The maximum atomic E-state index is 13.7. The molecule has 2 aromatic carbocycles. The van der Waals surface area contributed by atoms with Crippen LogP contribution < -0.4 is 10.5 Å². The number of amides is 1. The van der Waals surface area contributed by atoms with Gasteiger partial charge in [-0.25, -0.2) is 14.8 Å². The van der Waals surface area contributed by atoms with Gasteiger partial charge >= 0.3 is 5.97 Å². The number of benzene rings is 2. The van der Waals surface area contributed by atoms with Crippen molar-refractivity contribution in [3.05, 3.63) is 130 Å². The quantitative estimate of drug-likeness (QED) is 0.229. The molecule has 0 saturated heterocycles. The van der Waals surface area contributed by atoms with Crippen molar-refractivity contribution in [2.24, 2.45) is 0 Å². The SMILES string of the molecule is COC(=O)c1ccc(/C=C/C(=O)N(C)c2cccc(-n3c(=O)c(Cc4cccnc4)nc4cccnc43)c2)cc1. The van der Waals surface area contributed by atoms with Gasteiger partial charge in [-0.3, -0.25) is 19.1 Å². The second-order valence-electron chi connectivity index (χ2n) is 8.95. The summed E-state index contributed by atoms with van der Waals surface area (Å²) in [7, 11) is 2.98. The first-order valence-electron chi connectivity index (χ1n) is 12.4. The molecule has 5 rings (SSSR count). The van der Waals surface area contributed by atoms with E-state index in [1.54, 1.807) is 86.3 Å². The van der Waals surface area contributed by atoms with Gasteiger partial charge in [0.15, 0.2) is 5.65 Å². The van der Waals surface area contributed by atoms with Crippen molar-refractivity contribution in [3.8, 4) is 5.69 Å². The number of aromatic nitrogens is 4. The van der Waals surface area contributed by atoms with Gasteiger partial charge in [0, 0.05) is 43.8 Å². The van der Waals surface area contributed by atoms with E-state index in [1.165, 1.54) is 22.7 Å². The zero-order chi connectivity index (χ0) is 28.1. The van der Waals surface area contributed by atoms with Crippen molar-refractivity contribution in [1.82, 2.24) is 19.5 Å². The number of hydrogen-bond acceptors (Lipinski definition) is 7. The molecular formula is C31H25N5O4. The lowest BCUT2D eigenvalue weighted by Gasteiger charge is -2.18. The second kappa shape index (κ2) is 11.5. The fourth-order valence-electron chi connectivity index (χ4n) is 4.21. The highest BCUT2D eigenvalue weighted by Gasteiger charge is 2.16. The zero-order valence-corrected chi connectivity index (χ0v) is 21.9. The van der Waals surface area contributed by atoms with Gasteiger partial charge < -0.3 is 9.64 Å². The number of hydrogen-bond donors (Lipinski definition) is 0. The summed E-state index contributed by atoms with van der Waals surface area (Å²) in [4.78, 5) is 52.9. The first-order valence-corrected chi connectivity index (χ1v) is 12.4. The van der Waals surface area contributed by atoms with Gasteiger partial charge in [-0.05, 0) is 65.7 Å². The largest absolute Gasteiger partial charge is 0.465 e. The molecule has 3 aromatic heterocycles. The fraction of sp³-hybridized carbons (Fsp3) is 0.0968. The van der Waals surface area contributed by atoms with Crippen molar-refractivity contribution in [2.75, 3.05) is 19.1 Å². The summed E-state index contributed by atoms with van der Waals surface area (Å²) in [5, 5.41) is 0. The number of rotatable bonds is 7. The molecule has 0 bridgehead atoms. The van der Waals surface area contributed by atoms with Gasteiger partial charge in [0.25, 0.3) is 11.5 Å². The maximum absolute atomic E-state index is 13.7. The lowest BCUT2D eigenvalue weighted by atomic mass is 10.1. The first kappa shape index (κ1) is 26.2. The number of pyridine rings is 2. The number of carbonyl (C=O) groups is 2. The lowest BCUT2D eigenvalue weighted by Crippen LogP contribution is -2.27. The normalized spacial score (nSPS) is 11.1. The van der Waals surface area contributed by atoms with Crippen LogP contribution in [-0.4, -0.2) is 45.6 Å². The molecule has 0 aliphatic rings. The molecule has 0 saturated carbocycles. The van der Waals surface area contributed by atoms with Crippen molar-refractivity contribution in [2.45, 2.75) is 6.42 Å². The number of fused-ring (bicyclic) bond motifs is 1. The Labute approximate surface area is 230 Å². The van der Waals surface area contributed by atoms with Crippen LogP contribution in [-0.2, 0) is 16.0 Å². The topological polar surface area (TPSA) is 107 Å². The summed E-state index contributed by atoms with van der Waals surface area (Å²) in [6.07, 6.45) is 8.43. The third-order valence-corrected chi connectivity index (χ3v) is 6.33. The molecule has 0 aliphatic carbocycles. The lowest BCUT2D eigenvalue weighted by molar-refractivity contribution is -0.113. The van der Waals surface area contributed by atoms with Gasteiger partial charge in [-0.1, -0.05) is 24.3 Å². The summed E-state index contributed by atoms with van der Waals surface area (Å²) in [6, 6.07) is 21.2. The molecule has 5 aromatic rings. The highest BCUT2D eigenvalue weighted by molar-refractivity contribution is 6.03. The fourth-order valence-corrected chi connectivity index (χ4v) is 4.21. The minimum absolute atomic E-state index is 0.267. The maximum Gasteiger partial charge on any atom is 0.337 e. The van der Waals surface area contributed by atoms with Crippen LogP contribution in [0.25, 0.3) is 22.9 Å². The van der Waals surface area contributed by atoms with E-state index in [1.807, 2.05) is 18.2 Å². The molecule has 0 atom stereocenters. The van der Waals surface area contributed by atoms with Crippen molar-refractivity contribution in [3.63, 3.8) is 0 Å². The van der Waals surface area contributed by atoms with Gasteiger partial charge in [-0.15, -0.1) is 0 Å². The number of esters is 1. The number of ether oxygens (including phenoxy) is 1. The van der Waals surface area contributed by atoms with Crippen LogP contribution in [0, 0.1) is 0 Å². The second-order valence-corrected chi connectivity index (χ2v) is 8.95. The van der Waals surface area contributed by atoms with Crippen molar-refractivity contribution >= 4 is 34.8 Å². The molecule has 198 valence electrons. The van der Waals surface area contributed by atoms with Crippen LogP contribution >= 0.6 is 0 Å². The summed E-state index contributed by atoms with van der Waals surface area (Å²) < 4.78 is 6.23. The Kier molecular flexibility index (Phi) is 7.54. The third-order valence-electron chi connectivity index (χ3n) is 6.33. The number of nitrogens with zero attached hydrogens (tertiary/aromatic N) is 5. The van der Waals surface area contributed by atoms with E-state index >= 15 is 0 Å². The Morgan fingerprint density at radius 3 is 2.55 bits per heavy atom. The first-order chi connectivity index (χ1) is 19.4. The van der Waals surface area contributed by atoms with Crippen molar-refractivity contribution < 1.29 is 14.3 Å². The molecule has 0 radical (unpaired) electrons. The molecule has 40 heavy (non-hydrogen) atoms. The molecule has 1 amide bonds. The van der Waals surface area contributed by atoms with Crippen LogP contribution in [0.1, 0.15) is 27.2 Å². The molecule has 9 nitrogen and oxygen atoms in total. The van der Waals surface area contributed by atoms with Gasteiger partial charge in [0.1, 0.15) is 11.2 Å². The highest BCUT2D eigenvalue weighted by Crippen LogP contribution is 2.21. The molecule has 3 heterocycles.